The number of anilines is 1. The van der Waals surface area contributed by atoms with Crippen LogP contribution in [0.15, 0.2) is 18.2 Å². The lowest BCUT2D eigenvalue weighted by atomic mass is 9.78. The molecular weight excluding hydrogens is 269 g/mol. The van der Waals surface area contributed by atoms with E-state index >= 15 is 0 Å². The lowest BCUT2D eigenvalue weighted by Gasteiger charge is -2.32. The van der Waals surface area contributed by atoms with E-state index in [1.165, 1.54) is 7.11 Å². The molecule has 6 heteroatoms. The Bertz CT molecular complexity index is 541. The Kier molecular flexibility index (Phi) is 4.04. The first kappa shape index (κ1) is 15.9. The molecule has 0 aromatic heterocycles. The van der Waals surface area contributed by atoms with Gasteiger partial charge in [0.2, 0.25) is 0 Å². The van der Waals surface area contributed by atoms with Crippen molar-refractivity contribution in [1.29, 1.82) is 0 Å². The maximum Gasteiger partial charge on any atom is 0.494 e. The smallest absolute Gasteiger partial charge is 0.465 e. The Morgan fingerprint density at radius 2 is 1.76 bits per heavy atom. The topological polar surface area (TPSA) is 56.8 Å². The van der Waals surface area contributed by atoms with Gasteiger partial charge in [-0.25, -0.2) is 4.79 Å². The number of carbonyl (C=O) groups excluding carboxylic acids is 1. The van der Waals surface area contributed by atoms with Gasteiger partial charge in [-0.05, 0) is 45.3 Å². The van der Waals surface area contributed by atoms with Crippen LogP contribution in [0.2, 0.25) is 0 Å². The summed E-state index contributed by atoms with van der Waals surface area (Å²) in [6, 6.07) is 5.47. The van der Waals surface area contributed by atoms with E-state index in [1.807, 2.05) is 39.8 Å². The summed E-state index contributed by atoms with van der Waals surface area (Å²) < 4.78 is 16.8. The van der Waals surface area contributed by atoms with Crippen LogP contribution in [0, 0.1) is 0 Å². The second-order valence-corrected chi connectivity index (χ2v) is 6.13. The highest BCUT2D eigenvalue weighted by Crippen LogP contribution is 2.36. The number of benzene rings is 1. The molecule has 0 unspecified atom stereocenters. The SMILES string of the molecule is CNc1ccc(B2OC(C)(C)C(C)(C)O2)cc1C(=O)OC. The molecule has 0 aliphatic carbocycles. The van der Waals surface area contributed by atoms with Crippen LogP contribution < -0.4 is 10.8 Å². The van der Waals surface area contributed by atoms with Gasteiger partial charge in [0.05, 0.1) is 23.9 Å². The largest absolute Gasteiger partial charge is 0.494 e. The summed E-state index contributed by atoms with van der Waals surface area (Å²) in [6.45, 7) is 7.98. The van der Waals surface area contributed by atoms with E-state index in [9.17, 15) is 4.79 Å². The third-order valence-corrected chi connectivity index (χ3v) is 4.24. The molecule has 1 aliphatic rings. The van der Waals surface area contributed by atoms with Crippen molar-refractivity contribution in [1.82, 2.24) is 0 Å². The average molecular weight is 291 g/mol. The maximum absolute atomic E-state index is 11.9. The third-order valence-electron chi connectivity index (χ3n) is 4.24. The van der Waals surface area contributed by atoms with E-state index in [-0.39, 0.29) is 0 Å². The molecule has 1 aromatic rings. The molecule has 1 aromatic carbocycles. The van der Waals surface area contributed by atoms with Gasteiger partial charge in [-0.3, -0.25) is 0 Å². The van der Waals surface area contributed by atoms with E-state index in [0.717, 1.165) is 5.46 Å². The second-order valence-electron chi connectivity index (χ2n) is 6.13. The second kappa shape index (κ2) is 5.35. The lowest BCUT2D eigenvalue weighted by molar-refractivity contribution is 0.00578. The van der Waals surface area contributed by atoms with Crippen LogP contribution in [0.25, 0.3) is 0 Å². The average Bonchev–Trinajstić information content (AvgIpc) is 2.66. The van der Waals surface area contributed by atoms with Gasteiger partial charge >= 0.3 is 13.1 Å². The summed E-state index contributed by atoms with van der Waals surface area (Å²) in [5, 5.41) is 2.98. The fourth-order valence-electron chi connectivity index (χ4n) is 2.18. The van der Waals surface area contributed by atoms with E-state index in [0.29, 0.717) is 11.3 Å². The van der Waals surface area contributed by atoms with Crippen LogP contribution in [-0.2, 0) is 14.0 Å². The van der Waals surface area contributed by atoms with Crippen LogP contribution in [0.3, 0.4) is 0 Å². The number of hydrogen-bond donors (Lipinski definition) is 1. The Balaban J connectivity index is 2.36. The standard InChI is InChI=1S/C15H22BNO4/c1-14(2)15(3,4)21-16(20-14)10-7-8-12(17-5)11(9-10)13(18)19-6/h7-9,17H,1-6H3. The zero-order valence-electron chi connectivity index (χ0n) is 13.4. The number of hydrogen-bond acceptors (Lipinski definition) is 5. The van der Waals surface area contributed by atoms with E-state index in [4.69, 9.17) is 14.0 Å². The number of nitrogens with one attached hydrogen (secondary N) is 1. The van der Waals surface area contributed by atoms with Crippen LogP contribution in [-0.4, -0.2) is 38.4 Å². The van der Waals surface area contributed by atoms with Gasteiger partial charge in [0.15, 0.2) is 0 Å². The van der Waals surface area contributed by atoms with Crippen molar-refractivity contribution in [2.75, 3.05) is 19.5 Å². The first-order valence-electron chi connectivity index (χ1n) is 6.97. The van der Waals surface area contributed by atoms with Crippen molar-refractivity contribution < 1.29 is 18.8 Å². The van der Waals surface area contributed by atoms with E-state index in [2.05, 4.69) is 5.32 Å². The molecule has 0 atom stereocenters. The quantitative estimate of drug-likeness (QED) is 0.680. The highest BCUT2D eigenvalue weighted by molar-refractivity contribution is 6.62. The van der Waals surface area contributed by atoms with Crippen LogP contribution >= 0.6 is 0 Å². The van der Waals surface area contributed by atoms with Crippen LogP contribution in [0.1, 0.15) is 38.1 Å². The van der Waals surface area contributed by atoms with Gasteiger partial charge in [0.25, 0.3) is 0 Å². The van der Waals surface area contributed by atoms with Crippen molar-refractivity contribution in [3.8, 4) is 0 Å². The van der Waals surface area contributed by atoms with Gasteiger partial charge in [-0.15, -0.1) is 0 Å². The summed E-state index contributed by atoms with van der Waals surface area (Å²) >= 11 is 0. The van der Waals surface area contributed by atoms with Gasteiger partial charge in [-0.2, -0.15) is 0 Å². The minimum Gasteiger partial charge on any atom is -0.465 e. The van der Waals surface area contributed by atoms with Crippen molar-refractivity contribution in [2.45, 2.75) is 38.9 Å². The normalized spacial score (nSPS) is 19.4. The first-order chi connectivity index (χ1) is 9.71. The van der Waals surface area contributed by atoms with Crippen LogP contribution in [0.4, 0.5) is 5.69 Å². The summed E-state index contributed by atoms with van der Waals surface area (Å²) in [4.78, 5) is 11.9. The van der Waals surface area contributed by atoms with Crippen molar-refractivity contribution in [2.24, 2.45) is 0 Å². The number of rotatable bonds is 3. The Morgan fingerprint density at radius 1 is 1.19 bits per heavy atom. The molecule has 0 saturated carbocycles. The molecule has 1 saturated heterocycles. The van der Waals surface area contributed by atoms with E-state index < -0.39 is 24.3 Å². The molecule has 0 bridgehead atoms. The molecular formula is C15H22BNO4. The number of ether oxygens (including phenoxy) is 1. The molecule has 114 valence electrons. The van der Waals surface area contributed by atoms with E-state index in [1.54, 1.807) is 13.1 Å². The zero-order chi connectivity index (χ0) is 15.8. The first-order valence-corrected chi connectivity index (χ1v) is 6.97. The predicted molar refractivity (Wildman–Crippen MR) is 83.0 cm³/mol. The molecule has 5 nitrogen and oxygen atoms in total. The minimum absolute atomic E-state index is 0.391. The molecule has 0 radical (unpaired) electrons. The molecule has 1 N–H and O–H groups in total. The van der Waals surface area contributed by atoms with Crippen molar-refractivity contribution in [3.63, 3.8) is 0 Å². The number of carbonyl (C=O) groups is 1. The predicted octanol–water partition coefficient (Wildman–Crippen LogP) is 1.81. The Labute approximate surface area is 126 Å². The number of methoxy groups -OCH3 is 1. The summed E-state index contributed by atoms with van der Waals surface area (Å²) in [5.74, 6) is -0.391. The van der Waals surface area contributed by atoms with Crippen LogP contribution in [0.5, 0.6) is 0 Å². The van der Waals surface area contributed by atoms with Crippen molar-refractivity contribution >= 4 is 24.2 Å². The molecule has 1 aliphatic heterocycles. The molecule has 0 spiro atoms. The van der Waals surface area contributed by atoms with Gasteiger partial charge < -0.3 is 19.4 Å². The summed E-state index contributed by atoms with van der Waals surface area (Å²) in [6.07, 6.45) is 0. The summed E-state index contributed by atoms with van der Waals surface area (Å²) in [7, 11) is 2.63. The number of esters is 1. The monoisotopic (exact) mass is 291 g/mol. The fraction of sp³-hybridized carbons (Fsp3) is 0.533. The Morgan fingerprint density at radius 3 is 2.24 bits per heavy atom. The van der Waals surface area contributed by atoms with Gasteiger partial charge in [-0.1, -0.05) is 6.07 Å². The fourth-order valence-corrected chi connectivity index (χ4v) is 2.18. The highest BCUT2D eigenvalue weighted by atomic mass is 16.7. The molecule has 21 heavy (non-hydrogen) atoms. The van der Waals surface area contributed by atoms with Gasteiger partial charge in [0, 0.05) is 12.7 Å². The van der Waals surface area contributed by atoms with Crippen molar-refractivity contribution in [3.05, 3.63) is 23.8 Å². The third kappa shape index (κ3) is 2.78. The molecule has 2 rings (SSSR count). The highest BCUT2D eigenvalue weighted by Gasteiger charge is 2.51. The Hall–Kier alpha value is -1.53. The maximum atomic E-state index is 11.9. The summed E-state index contributed by atoms with van der Waals surface area (Å²) in [5.41, 5.74) is 1.15. The minimum atomic E-state index is -0.496. The lowest BCUT2D eigenvalue weighted by Crippen LogP contribution is -2.41. The molecule has 1 fully saturated rings. The molecule has 0 amide bonds. The molecule has 1 heterocycles. The zero-order valence-corrected chi connectivity index (χ0v) is 13.4. The van der Waals surface area contributed by atoms with Gasteiger partial charge in [0.1, 0.15) is 0 Å².